The van der Waals surface area contributed by atoms with Gasteiger partial charge < -0.3 is 5.11 Å². The molecule has 0 aliphatic carbocycles. The van der Waals surface area contributed by atoms with E-state index in [2.05, 4.69) is 5.10 Å². The summed E-state index contributed by atoms with van der Waals surface area (Å²) in [6.07, 6.45) is 0. The first-order chi connectivity index (χ1) is 7.58. The molecular formula is C12H13ClN2O. The highest BCUT2D eigenvalue weighted by Gasteiger charge is 2.09. The number of hydrogen-bond donors (Lipinski definition) is 1. The molecule has 0 bridgehead atoms. The van der Waals surface area contributed by atoms with Crippen LogP contribution >= 0.6 is 11.6 Å². The minimum absolute atomic E-state index is 0.272. The van der Waals surface area contributed by atoms with E-state index in [1.54, 1.807) is 11.6 Å². The fourth-order valence-electron chi connectivity index (χ4n) is 1.60. The van der Waals surface area contributed by atoms with Crippen molar-refractivity contribution in [3.63, 3.8) is 0 Å². The Hall–Kier alpha value is -1.48. The molecule has 0 aliphatic heterocycles. The van der Waals surface area contributed by atoms with E-state index in [-0.39, 0.29) is 5.75 Å². The molecule has 1 aromatic carbocycles. The van der Waals surface area contributed by atoms with Crippen LogP contribution in [0.25, 0.3) is 0 Å². The fourth-order valence-corrected chi connectivity index (χ4v) is 1.73. The van der Waals surface area contributed by atoms with E-state index in [0.29, 0.717) is 12.2 Å². The van der Waals surface area contributed by atoms with Gasteiger partial charge in [0.25, 0.3) is 0 Å². The smallest absolute Gasteiger partial charge is 0.159 e. The van der Waals surface area contributed by atoms with Crippen LogP contribution < -0.4 is 0 Å². The molecule has 0 spiro atoms. The summed E-state index contributed by atoms with van der Waals surface area (Å²) in [6, 6.07) is 7.61. The van der Waals surface area contributed by atoms with Crippen LogP contribution in [0, 0.1) is 13.8 Å². The minimum atomic E-state index is 0.272. The number of aromatic nitrogens is 2. The summed E-state index contributed by atoms with van der Waals surface area (Å²) in [7, 11) is 0. The number of benzene rings is 1. The van der Waals surface area contributed by atoms with E-state index >= 15 is 0 Å². The van der Waals surface area contributed by atoms with Crippen molar-refractivity contribution in [2.75, 3.05) is 0 Å². The van der Waals surface area contributed by atoms with Crippen LogP contribution in [0.2, 0.25) is 5.02 Å². The van der Waals surface area contributed by atoms with Crippen molar-refractivity contribution < 1.29 is 5.11 Å². The number of rotatable bonds is 2. The van der Waals surface area contributed by atoms with Crippen LogP contribution in [0.1, 0.15) is 17.0 Å². The van der Waals surface area contributed by atoms with Gasteiger partial charge in [0.05, 0.1) is 12.2 Å². The summed E-state index contributed by atoms with van der Waals surface area (Å²) in [6.45, 7) is 4.29. The third-order valence-corrected chi connectivity index (χ3v) is 2.84. The number of nitrogens with zero attached hydrogens (tertiary/aromatic N) is 2. The van der Waals surface area contributed by atoms with Gasteiger partial charge in [-0.2, -0.15) is 5.10 Å². The van der Waals surface area contributed by atoms with Gasteiger partial charge >= 0.3 is 0 Å². The predicted molar refractivity (Wildman–Crippen MR) is 63.9 cm³/mol. The SMILES string of the molecule is Cc1nn(Cc2ccc(Cl)cc2)c(C)c1O. The number of aromatic hydroxyl groups is 1. The first-order valence-electron chi connectivity index (χ1n) is 5.05. The van der Waals surface area contributed by atoms with Crippen LogP contribution in [-0.4, -0.2) is 14.9 Å². The predicted octanol–water partition coefficient (Wildman–Crippen LogP) is 2.91. The van der Waals surface area contributed by atoms with Crippen molar-refractivity contribution in [1.82, 2.24) is 9.78 Å². The van der Waals surface area contributed by atoms with E-state index in [9.17, 15) is 5.11 Å². The van der Waals surface area contributed by atoms with Crippen molar-refractivity contribution in [3.05, 3.63) is 46.2 Å². The molecule has 1 N–H and O–H groups in total. The Morgan fingerprint density at radius 2 is 1.88 bits per heavy atom. The second-order valence-corrected chi connectivity index (χ2v) is 4.24. The van der Waals surface area contributed by atoms with Gasteiger partial charge in [0, 0.05) is 5.02 Å². The van der Waals surface area contributed by atoms with Gasteiger partial charge in [0.2, 0.25) is 0 Å². The molecule has 4 heteroatoms. The Kier molecular flexibility index (Phi) is 2.88. The molecule has 0 aliphatic rings. The van der Waals surface area contributed by atoms with Crippen LogP contribution in [0.4, 0.5) is 0 Å². The molecule has 2 rings (SSSR count). The van der Waals surface area contributed by atoms with Crippen molar-refractivity contribution in [3.8, 4) is 5.75 Å². The largest absolute Gasteiger partial charge is 0.504 e. The van der Waals surface area contributed by atoms with E-state index in [1.165, 1.54) is 0 Å². The highest BCUT2D eigenvalue weighted by molar-refractivity contribution is 6.30. The molecule has 16 heavy (non-hydrogen) atoms. The highest BCUT2D eigenvalue weighted by atomic mass is 35.5. The molecule has 0 fully saturated rings. The van der Waals surface area contributed by atoms with Crippen molar-refractivity contribution in [2.24, 2.45) is 0 Å². The second-order valence-electron chi connectivity index (χ2n) is 3.80. The third kappa shape index (κ3) is 2.04. The van der Waals surface area contributed by atoms with E-state index < -0.39 is 0 Å². The van der Waals surface area contributed by atoms with E-state index in [4.69, 9.17) is 11.6 Å². The zero-order chi connectivity index (χ0) is 11.7. The zero-order valence-corrected chi connectivity index (χ0v) is 9.99. The van der Waals surface area contributed by atoms with Gasteiger partial charge in [-0.25, -0.2) is 0 Å². The Morgan fingerprint density at radius 1 is 1.25 bits per heavy atom. The molecule has 3 nitrogen and oxygen atoms in total. The molecule has 0 saturated heterocycles. The molecule has 1 aromatic heterocycles. The molecule has 0 atom stereocenters. The van der Waals surface area contributed by atoms with Gasteiger partial charge in [0.1, 0.15) is 5.69 Å². The summed E-state index contributed by atoms with van der Waals surface area (Å²) in [5, 5.41) is 14.6. The topological polar surface area (TPSA) is 38.0 Å². The lowest BCUT2D eigenvalue weighted by molar-refractivity contribution is 0.465. The maximum atomic E-state index is 9.64. The first-order valence-corrected chi connectivity index (χ1v) is 5.43. The molecule has 0 saturated carbocycles. The van der Waals surface area contributed by atoms with Gasteiger partial charge in [-0.3, -0.25) is 4.68 Å². The van der Waals surface area contributed by atoms with E-state index in [1.807, 2.05) is 31.2 Å². The van der Waals surface area contributed by atoms with Crippen LogP contribution in [-0.2, 0) is 6.54 Å². The zero-order valence-electron chi connectivity index (χ0n) is 9.24. The Morgan fingerprint density at radius 3 is 2.38 bits per heavy atom. The summed E-state index contributed by atoms with van der Waals surface area (Å²) in [4.78, 5) is 0. The fraction of sp³-hybridized carbons (Fsp3) is 0.250. The first kappa shape index (κ1) is 11.0. The summed E-state index contributed by atoms with van der Waals surface area (Å²) < 4.78 is 1.79. The lowest BCUT2D eigenvalue weighted by atomic mass is 10.2. The molecule has 2 aromatic rings. The average molecular weight is 237 g/mol. The maximum absolute atomic E-state index is 9.64. The molecule has 0 unspecified atom stereocenters. The van der Waals surface area contributed by atoms with Gasteiger partial charge in [-0.05, 0) is 31.5 Å². The summed E-state index contributed by atoms with van der Waals surface area (Å²) in [5.41, 5.74) is 2.55. The Labute approximate surface area is 99.3 Å². The quantitative estimate of drug-likeness (QED) is 0.871. The molecule has 84 valence electrons. The number of hydrogen-bond acceptors (Lipinski definition) is 2. The third-order valence-electron chi connectivity index (χ3n) is 2.59. The average Bonchev–Trinajstić information content (AvgIpc) is 2.50. The molecule has 1 heterocycles. The van der Waals surface area contributed by atoms with Crippen LogP contribution in [0.15, 0.2) is 24.3 Å². The Bertz CT molecular complexity index is 502. The highest BCUT2D eigenvalue weighted by Crippen LogP contribution is 2.21. The molecule has 0 radical (unpaired) electrons. The van der Waals surface area contributed by atoms with Crippen molar-refractivity contribution in [1.29, 1.82) is 0 Å². The minimum Gasteiger partial charge on any atom is -0.504 e. The molecular weight excluding hydrogens is 224 g/mol. The van der Waals surface area contributed by atoms with Gasteiger partial charge in [0.15, 0.2) is 5.75 Å². The van der Waals surface area contributed by atoms with Gasteiger partial charge in [-0.1, -0.05) is 23.7 Å². The summed E-state index contributed by atoms with van der Waals surface area (Å²) in [5.74, 6) is 0.272. The lowest BCUT2D eigenvalue weighted by Gasteiger charge is -2.04. The van der Waals surface area contributed by atoms with Crippen LogP contribution in [0.5, 0.6) is 5.75 Å². The monoisotopic (exact) mass is 236 g/mol. The van der Waals surface area contributed by atoms with Gasteiger partial charge in [-0.15, -0.1) is 0 Å². The summed E-state index contributed by atoms with van der Waals surface area (Å²) >= 11 is 5.81. The maximum Gasteiger partial charge on any atom is 0.159 e. The standard InChI is InChI=1S/C12H13ClN2O/c1-8-12(16)9(2)15(14-8)7-10-3-5-11(13)6-4-10/h3-6,16H,7H2,1-2H3. The lowest BCUT2D eigenvalue weighted by Crippen LogP contribution is -2.03. The second kappa shape index (κ2) is 4.18. The van der Waals surface area contributed by atoms with Crippen LogP contribution in [0.3, 0.4) is 0 Å². The number of aryl methyl sites for hydroxylation is 1. The number of halogens is 1. The van der Waals surface area contributed by atoms with Crippen molar-refractivity contribution in [2.45, 2.75) is 20.4 Å². The molecule has 0 amide bonds. The normalized spacial score (nSPS) is 10.7. The van der Waals surface area contributed by atoms with Crippen molar-refractivity contribution >= 4 is 11.6 Å². The Balaban J connectivity index is 2.27. The van der Waals surface area contributed by atoms with E-state index in [0.717, 1.165) is 16.3 Å².